The smallest absolute Gasteiger partial charge is 0.331 e. The fraction of sp³-hybridized carbons (Fsp3) is 0.130. The molecule has 0 bridgehead atoms. The molecule has 0 aliphatic heterocycles. The third-order valence-corrected chi connectivity index (χ3v) is 5.54. The first-order valence-corrected chi connectivity index (χ1v) is 10.7. The topological polar surface area (TPSA) is 127 Å². The molecule has 0 atom stereocenters. The van der Waals surface area contributed by atoms with Crippen molar-refractivity contribution < 1.29 is 14.3 Å². The van der Waals surface area contributed by atoms with E-state index in [2.05, 4.69) is 4.98 Å². The molecule has 0 aliphatic carbocycles. The Bertz CT molecular complexity index is 1370. The summed E-state index contributed by atoms with van der Waals surface area (Å²) in [6, 6.07) is 13.8. The number of H-pyrrole nitrogens is 1. The number of nitrogen functional groups attached to an aromatic ring is 1. The summed E-state index contributed by atoms with van der Waals surface area (Å²) < 4.78 is 6.09. The van der Waals surface area contributed by atoms with Gasteiger partial charge in [-0.2, -0.15) is 0 Å². The Morgan fingerprint density at radius 3 is 2.50 bits per heavy atom. The number of rotatable bonds is 7. The molecule has 0 spiro atoms. The molecule has 0 unspecified atom stereocenters. The molecular weight excluding hydrogens is 483 g/mol. The van der Waals surface area contributed by atoms with Gasteiger partial charge in [0.05, 0.1) is 16.6 Å². The molecule has 0 saturated carbocycles. The first-order chi connectivity index (χ1) is 16.2. The molecule has 1 aromatic heterocycles. The zero-order chi connectivity index (χ0) is 24.8. The van der Waals surface area contributed by atoms with E-state index >= 15 is 0 Å². The highest BCUT2D eigenvalue weighted by Crippen LogP contribution is 2.23. The van der Waals surface area contributed by atoms with Gasteiger partial charge >= 0.3 is 11.7 Å². The highest BCUT2D eigenvalue weighted by Gasteiger charge is 2.22. The van der Waals surface area contributed by atoms with Gasteiger partial charge in [-0.1, -0.05) is 59.6 Å². The number of anilines is 2. The van der Waals surface area contributed by atoms with Gasteiger partial charge in [0.2, 0.25) is 0 Å². The summed E-state index contributed by atoms with van der Waals surface area (Å²) in [6.07, 6.45) is 2.56. The molecule has 0 fully saturated rings. The summed E-state index contributed by atoms with van der Waals surface area (Å²) in [5.41, 5.74) is 5.66. The number of carbonyl (C=O) groups excluding carboxylic acids is 2. The zero-order valence-electron chi connectivity index (χ0n) is 18.0. The Hall–Kier alpha value is -3.82. The SMILES string of the molecule is CN(C(=O)COC(=O)/C=C/c1ccc(Cl)c(Cl)c1)c1c(N)n(Cc2ccccc2)c(=O)[nH]c1=O. The van der Waals surface area contributed by atoms with E-state index in [1.54, 1.807) is 42.5 Å². The van der Waals surface area contributed by atoms with E-state index in [-0.39, 0.29) is 18.1 Å². The van der Waals surface area contributed by atoms with Crippen LogP contribution in [0.5, 0.6) is 0 Å². The number of likely N-dealkylation sites (N-methyl/N-ethyl adjacent to an activating group) is 1. The van der Waals surface area contributed by atoms with Crippen LogP contribution in [0.3, 0.4) is 0 Å². The van der Waals surface area contributed by atoms with Gasteiger partial charge in [-0.05, 0) is 29.3 Å². The monoisotopic (exact) mass is 502 g/mol. The van der Waals surface area contributed by atoms with E-state index in [0.29, 0.717) is 15.6 Å². The van der Waals surface area contributed by atoms with E-state index < -0.39 is 29.7 Å². The number of aromatic amines is 1. The van der Waals surface area contributed by atoms with Crippen LogP contribution in [0, 0.1) is 0 Å². The van der Waals surface area contributed by atoms with Crippen molar-refractivity contribution in [2.75, 3.05) is 24.3 Å². The quantitative estimate of drug-likeness (QED) is 0.377. The van der Waals surface area contributed by atoms with Gasteiger partial charge in [-0.15, -0.1) is 0 Å². The van der Waals surface area contributed by atoms with Crippen LogP contribution in [0.15, 0.2) is 64.2 Å². The summed E-state index contributed by atoms with van der Waals surface area (Å²) in [5.74, 6) is -1.71. The predicted octanol–water partition coefficient (Wildman–Crippen LogP) is 2.69. The second-order valence-electron chi connectivity index (χ2n) is 7.13. The second kappa shape index (κ2) is 10.9. The number of esters is 1. The molecule has 0 aliphatic rings. The molecule has 1 heterocycles. The van der Waals surface area contributed by atoms with Gasteiger partial charge in [0.15, 0.2) is 12.3 Å². The van der Waals surface area contributed by atoms with Gasteiger partial charge in [0.25, 0.3) is 11.5 Å². The van der Waals surface area contributed by atoms with E-state index in [1.165, 1.54) is 13.1 Å². The predicted molar refractivity (Wildman–Crippen MR) is 131 cm³/mol. The number of halogens is 2. The minimum atomic E-state index is -0.839. The highest BCUT2D eigenvalue weighted by molar-refractivity contribution is 6.42. The van der Waals surface area contributed by atoms with E-state index in [0.717, 1.165) is 21.1 Å². The Morgan fingerprint density at radius 1 is 1.12 bits per heavy atom. The van der Waals surface area contributed by atoms with Crippen molar-refractivity contribution in [3.8, 4) is 0 Å². The van der Waals surface area contributed by atoms with Gasteiger partial charge in [0.1, 0.15) is 5.82 Å². The lowest BCUT2D eigenvalue weighted by Crippen LogP contribution is -2.40. The highest BCUT2D eigenvalue weighted by atomic mass is 35.5. The average molecular weight is 503 g/mol. The van der Waals surface area contributed by atoms with Crippen LogP contribution in [0.25, 0.3) is 6.08 Å². The molecule has 1 amide bonds. The first kappa shape index (κ1) is 24.8. The van der Waals surface area contributed by atoms with Crippen molar-refractivity contribution in [1.82, 2.24) is 9.55 Å². The number of hydrogen-bond acceptors (Lipinski definition) is 6. The number of hydrogen-bond donors (Lipinski definition) is 2. The van der Waals surface area contributed by atoms with Crippen molar-refractivity contribution in [1.29, 1.82) is 0 Å². The standard InChI is InChI=1S/C23H20Cl2N4O5/c1-28(18(30)13-34-19(31)10-8-14-7-9-16(24)17(25)11-14)20-21(26)29(23(33)27-22(20)32)12-15-5-3-2-4-6-15/h2-11H,12-13,26H2,1H3,(H,27,32,33)/b10-8+. The molecule has 176 valence electrons. The summed E-state index contributed by atoms with van der Waals surface area (Å²) in [6.45, 7) is -0.566. The molecular formula is C23H20Cl2N4O5. The maximum atomic E-state index is 12.6. The number of nitrogens with zero attached hydrogens (tertiary/aromatic N) is 2. The number of aromatic nitrogens is 2. The van der Waals surface area contributed by atoms with Crippen LogP contribution in [0.2, 0.25) is 10.0 Å². The van der Waals surface area contributed by atoms with E-state index in [9.17, 15) is 19.2 Å². The van der Waals surface area contributed by atoms with Gasteiger partial charge in [-0.25, -0.2) is 9.59 Å². The molecule has 3 aromatic rings. The number of carbonyl (C=O) groups is 2. The van der Waals surface area contributed by atoms with Gasteiger partial charge < -0.3 is 15.4 Å². The lowest BCUT2D eigenvalue weighted by atomic mass is 10.2. The van der Waals surface area contributed by atoms with Crippen molar-refractivity contribution in [2.45, 2.75) is 6.54 Å². The number of benzene rings is 2. The third kappa shape index (κ3) is 5.94. The van der Waals surface area contributed by atoms with Crippen LogP contribution in [0.4, 0.5) is 11.5 Å². The molecule has 34 heavy (non-hydrogen) atoms. The summed E-state index contributed by atoms with van der Waals surface area (Å²) in [5, 5.41) is 0.699. The van der Waals surface area contributed by atoms with E-state index in [4.69, 9.17) is 33.7 Å². The maximum absolute atomic E-state index is 12.6. The van der Waals surface area contributed by atoms with Gasteiger partial charge in [-0.3, -0.25) is 19.1 Å². The molecule has 3 rings (SSSR count). The molecule has 11 heteroatoms. The molecule has 9 nitrogen and oxygen atoms in total. The number of ether oxygens (including phenoxy) is 1. The van der Waals surface area contributed by atoms with Gasteiger partial charge in [0, 0.05) is 13.1 Å². The van der Waals surface area contributed by atoms with E-state index in [1.807, 2.05) is 6.07 Å². The summed E-state index contributed by atoms with van der Waals surface area (Å²) >= 11 is 11.8. The van der Waals surface area contributed by atoms with Crippen molar-refractivity contribution in [3.05, 3.63) is 96.6 Å². The Kier molecular flexibility index (Phi) is 7.93. The fourth-order valence-electron chi connectivity index (χ4n) is 3.01. The number of nitrogens with two attached hydrogens (primary N) is 1. The van der Waals surface area contributed by atoms with Crippen LogP contribution < -0.4 is 21.9 Å². The third-order valence-electron chi connectivity index (χ3n) is 4.80. The van der Waals surface area contributed by atoms with Crippen LogP contribution in [-0.2, 0) is 20.9 Å². The maximum Gasteiger partial charge on any atom is 0.331 e. The molecule has 0 radical (unpaired) electrons. The number of nitrogens with one attached hydrogen (secondary N) is 1. The van der Waals surface area contributed by atoms with Crippen molar-refractivity contribution in [3.63, 3.8) is 0 Å². The molecule has 0 saturated heterocycles. The summed E-state index contributed by atoms with van der Waals surface area (Å²) in [4.78, 5) is 52.3. The van der Waals surface area contributed by atoms with Crippen LogP contribution in [0.1, 0.15) is 11.1 Å². The van der Waals surface area contributed by atoms with Crippen molar-refractivity contribution in [2.24, 2.45) is 0 Å². The normalized spacial score (nSPS) is 10.9. The largest absolute Gasteiger partial charge is 0.452 e. The average Bonchev–Trinajstić information content (AvgIpc) is 2.81. The fourth-order valence-corrected chi connectivity index (χ4v) is 3.31. The Labute approximate surface area is 204 Å². The van der Waals surface area contributed by atoms with Crippen LogP contribution >= 0.6 is 23.2 Å². The second-order valence-corrected chi connectivity index (χ2v) is 7.95. The zero-order valence-corrected chi connectivity index (χ0v) is 19.5. The number of amides is 1. The lowest BCUT2D eigenvalue weighted by molar-refractivity contribution is -0.142. The van der Waals surface area contributed by atoms with Crippen LogP contribution in [-0.4, -0.2) is 35.1 Å². The lowest BCUT2D eigenvalue weighted by Gasteiger charge is -2.20. The Balaban J connectivity index is 1.71. The minimum absolute atomic E-state index is 0.0891. The van der Waals surface area contributed by atoms with Crippen molar-refractivity contribution >= 4 is 52.7 Å². The first-order valence-electron chi connectivity index (χ1n) is 9.90. The molecule has 3 N–H and O–H groups in total. The minimum Gasteiger partial charge on any atom is -0.452 e. The molecule has 2 aromatic carbocycles. The Morgan fingerprint density at radius 2 is 1.82 bits per heavy atom. The summed E-state index contributed by atoms with van der Waals surface area (Å²) in [7, 11) is 1.29.